The third-order valence-electron chi connectivity index (χ3n) is 2.90. The molecule has 0 aliphatic heterocycles. The fraction of sp³-hybridized carbons (Fsp3) is 0.900. The molecule has 1 saturated carbocycles. The van der Waals surface area contributed by atoms with E-state index >= 15 is 0 Å². The van der Waals surface area contributed by atoms with Gasteiger partial charge in [-0.3, -0.25) is 4.79 Å². The Labute approximate surface area is 97.2 Å². The zero-order valence-electron chi connectivity index (χ0n) is 9.55. The predicted octanol–water partition coefficient (Wildman–Crippen LogP) is 1.38. The monoisotopic (exact) mass is 255 g/mol. The lowest BCUT2D eigenvalue weighted by Gasteiger charge is -2.34. The highest BCUT2D eigenvalue weighted by atomic mass is 19.4. The molecule has 0 saturated heterocycles. The van der Waals surface area contributed by atoms with Crippen LogP contribution in [0.4, 0.5) is 13.2 Å². The zero-order valence-corrected chi connectivity index (χ0v) is 9.55. The van der Waals surface area contributed by atoms with Gasteiger partial charge in [-0.25, -0.2) is 0 Å². The smallest absolute Gasteiger partial charge is 0.411 e. The van der Waals surface area contributed by atoms with Crippen LogP contribution in [0.1, 0.15) is 25.7 Å². The van der Waals surface area contributed by atoms with E-state index in [1.807, 2.05) is 0 Å². The van der Waals surface area contributed by atoms with Crippen LogP contribution in [0.2, 0.25) is 0 Å². The van der Waals surface area contributed by atoms with Crippen LogP contribution in [0.15, 0.2) is 0 Å². The molecule has 1 rings (SSSR count). The predicted molar refractivity (Wildman–Crippen MR) is 53.2 cm³/mol. The molecule has 17 heavy (non-hydrogen) atoms. The van der Waals surface area contributed by atoms with Gasteiger partial charge in [-0.2, -0.15) is 13.2 Å². The SMILES string of the molecule is COC(=O)C1(N)CCC(OCC(F)(F)F)CC1. The number of methoxy groups -OCH3 is 1. The minimum atomic E-state index is -4.32. The maximum atomic E-state index is 11.9. The fourth-order valence-electron chi connectivity index (χ4n) is 1.89. The Kier molecular flexibility index (Phi) is 4.37. The van der Waals surface area contributed by atoms with E-state index in [0.717, 1.165) is 0 Å². The van der Waals surface area contributed by atoms with Crippen molar-refractivity contribution in [1.29, 1.82) is 0 Å². The Morgan fingerprint density at radius 1 is 1.41 bits per heavy atom. The summed E-state index contributed by atoms with van der Waals surface area (Å²) in [6, 6.07) is 0. The molecule has 0 atom stereocenters. The first-order valence-electron chi connectivity index (χ1n) is 5.32. The maximum Gasteiger partial charge on any atom is 0.411 e. The molecule has 0 aromatic heterocycles. The number of hydrogen-bond acceptors (Lipinski definition) is 4. The first-order valence-corrected chi connectivity index (χ1v) is 5.32. The molecule has 4 nitrogen and oxygen atoms in total. The molecule has 0 radical (unpaired) electrons. The van der Waals surface area contributed by atoms with Crippen LogP contribution in [0.3, 0.4) is 0 Å². The third kappa shape index (κ3) is 4.16. The van der Waals surface area contributed by atoms with Crippen LogP contribution < -0.4 is 5.73 Å². The number of nitrogens with two attached hydrogens (primary N) is 1. The number of rotatable bonds is 3. The molecular weight excluding hydrogens is 239 g/mol. The molecule has 0 unspecified atom stereocenters. The van der Waals surface area contributed by atoms with Gasteiger partial charge < -0.3 is 15.2 Å². The number of hydrogen-bond donors (Lipinski definition) is 1. The van der Waals surface area contributed by atoms with Crippen molar-refractivity contribution in [2.75, 3.05) is 13.7 Å². The number of ether oxygens (including phenoxy) is 2. The average Bonchev–Trinajstić information content (AvgIpc) is 2.26. The minimum Gasteiger partial charge on any atom is -0.468 e. The number of carbonyl (C=O) groups is 1. The number of alkyl halides is 3. The molecule has 0 aromatic rings. The van der Waals surface area contributed by atoms with Crippen LogP contribution in [0, 0.1) is 0 Å². The Morgan fingerprint density at radius 3 is 2.35 bits per heavy atom. The van der Waals surface area contributed by atoms with Gasteiger partial charge in [0.15, 0.2) is 0 Å². The lowest BCUT2D eigenvalue weighted by atomic mass is 9.81. The maximum absolute atomic E-state index is 11.9. The van der Waals surface area contributed by atoms with E-state index in [2.05, 4.69) is 4.74 Å². The molecule has 0 heterocycles. The van der Waals surface area contributed by atoms with Crippen LogP contribution in [0.25, 0.3) is 0 Å². The van der Waals surface area contributed by atoms with Crippen LogP contribution in [-0.4, -0.2) is 37.5 Å². The third-order valence-corrected chi connectivity index (χ3v) is 2.90. The first kappa shape index (κ1) is 14.2. The van der Waals surface area contributed by atoms with Crippen molar-refractivity contribution in [3.8, 4) is 0 Å². The van der Waals surface area contributed by atoms with E-state index in [1.54, 1.807) is 0 Å². The second-order valence-electron chi connectivity index (χ2n) is 4.27. The van der Waals surface area contributed by atoms with Gasteiger partial charge >= 0.3 is 12.1 Å². The molecule has 1 fully saturated rings. The summed E-state index contributed by atoms with van der Waals surface area (Å²) in [7, 11) is 1.24. The molecule has 0 amide bonds. The first-order chi connectivity index (χ1) is 7.77. The van der Waals surface area contributed by atoms with Crippen molar-refractivity contribution in [3.63, 3.8) is 0 Å². The van der Waals surface area contributed by atoms with Crippen molar-refractivity contribution < 1.29 is 27.4 Å². The standard InChI is InChI=1S/C10H16F3NO3/c1-16-8(15)9(14)4-2-7(3-5-9)17-6-10(11,12)13/h7H,2-6,14H2,1H3. The van der Waals surface area contributed by atoms with Crippen LogP contribution >= 0.6 is 0 Å². The molecule has 100 valence electrons. The molecular formula is C10H16F3NO3. The topological polar surface area (TPSA) is 61.5 Å². The summed E-state index contributed by atoms with van der Waals surface area (Å²) in [4.78, 5) is 11.3. The Hall–Kier alpha value is -0.820. The van der Waals surface area contributed by atoms with Gasteiger partial charge in [-0.15, -0.1) is 0 Å². The highest BCUT2D eigenvalue weighted by Gasteiger charge is 2.40. The number of esters is 1. The zero-order chi connectivity index (χ0) is 13.1. The van der Waals surface area contributed by atoms with Crippen molar-refractivity contribution in [3.05, 3.63) is 0 Å². The molecule has 1 aliphatic carbocycles. The van der Waals surface area contributed by atoms with Gasteiger partial charge in [-0.05, 0) is 25.7 Å². The van der Waals surface area contributed by atoms with Gasteiger partial charge in [0, 0.05) is 0 Å². The largest absolute Gasteiger partial charge is 0.468 e. The van der Waals surface area contributed by atoms with E-state index in [1.165, 1.54) is 7.11 Å². The normalized spacial score (nSPS) is 30.1. The summed E-state index contributed by atoms with van der Waals surface area (Å²) < 4.78 is 45.0. The molecule has 1 aliphatic rings. The lowest BCUT2D eigenvalue weighted by Crippen LogP contribution is -2.52. The number of halogens is 3. The molecule has 0 spiro atoms. The summed E-state index contributed by atoms with van der Waals surface area (Å²) in [5.74, 6) is -0.522. The lowest BCUT2D eigenvalue weighted by molar-refractivity contribution is -0.189. The highest BCUT2D eigenvalue weighted by Crippen LogP contribution is 2.30. The second kappa shape index (κ2) is 5.22. The van der Waals surface area contributed by atoms with Crippen molar-refractivity contribution in [2.24, 2.45) is 5.73 Å². The summed E-state index contributed by atoms with van der Waals surface area (Å²) >= 11 is 0. The molecule has 2 N–H and O–H groups in total. The van der Waals surface area contributed by atoms with Crippen molar-refractivity contribution in [1.82, 2.24) is 0 Å². The van der Waals surface area contributed by atoms with Gasteiger partial charge in [0.1, 0.15) is 12.1 Å². The molecule has 0 aromatic carbocycles. The Bertz CT molecular complexity index is 272. The van der Waals surface area contributed by atoms with E-state index in [-0.39, 0.29) is 12.8 Å². The molecule has 0 bridgehead atoms. The van der Waals surface area contributed by atoms with Crippen LogP contribution in [0.5, 0.6) is 0 Å². The van der Waals surface area contributed by atoms with E-state index in [9.17, 15) is 18.0 Å². The fourth-order valence-corrected chi connectivity index (χ4v) is 1.89. The highest BCUT2D eigenvalue weighted by molar-refractivity contribution is 5.80. The minimum absolute atomic E-state index is 0.280. The van der Waals surface area contributed by atoms with Crippen molar-refractivity contribution >= 4 is 5.97 Å². The van der Waals surface area contributed by atoms with E-state index in [4.69, 9.17) is 10.5 Å². The molecule has 7 heteroatoms. The summed E-state index contributed by atoms with van der Waals surface area (Å²) in [5.41, 5.74) is 4.73. The Morgan fingerprint density at radius 2 is 1.94 bits per heavy atom. The van der Waals surface area contributed by atoms with Gasteiger partial charge in [-0.1, -0.05) is 0 Å². The summed E-state index contributed by atoms with van der Waals surface area (Å²) in [6.45, 7) is -1.26. The summed E-state index contributed by atoms with van der Waals surface area (Å²) in [6.07, 6.45) is -3.58. The van der Waals surface area contributed by atoms with Gasteiger partial charge in [0.05, 0.1) is 13.2 Å². The van der Waals surface area contributed by atoms with Crippen molar-refractivity contribution in [2.45, 2.75) is 43.5 Å². The Balaban J connectivity index is 2.38. The van der Waals surface area contributed by atoms with Gasteiger partial charge in [0.25, 0.3) is 0 Å². The number of carbonyl (C=O) groups excluding carboxylic acids is 1. The quantitative estimate of drug-likeness (QED) is 0.774. The van der Waals surface area contributed by atoms with Gasteiger partial charge in [0.2, 0.25) is 0 Å². The van der Waals surface area contributed by atoms with E-state index in [0.29, 0.717) is 12.8 Å². The van der Waals surface area contributed by atoms with E-state index < -0.39 is 30.4 Å². The summed E-state index contributed by atoms with van der Waals surface area (Å²) in [5, 5.41) is 0. The second-order valence-corrected chi connectivity index (χ2v) is 4.27. The average molecular weight is 255 g/mol. The van der Waals surface area contributed by atoms with Crippen LogP contribution in [-0.2, 0) is 14.3 Å².